The summed E-state index contributed by atoms with van der Waals surface area (Å²) < 4.78 is 16.5. The van der Waals surface area contributed by atoms with Crippen LogP contribution in [0.4, 0.5) is 0 Å². The average molecular weight is 265 g/mol. The van der Waals surface area contributed by atoms with Crippen molar-refractivity contribution in [2.24, 2.45) is 0 Å². The zero-order valence-corrected chi connectivity index (χ0v) is 11.1. The molecule has 0 aromatic carbocycles. The Bertz CT molecular complexity index is 427. The maximum absolute atomic E-state index is 5.88. The fourth-order valence-corrected chi connectivity index (χ4v) is 2.16. The minimum Gasteiger partial charge on any atom is -0.381 e. The quantitative estimate of drug-likeness (QED) is 0.607. The van der Waals surface area contributed by atoms with Gasteiger partial charge in [-0.05, 0) is 6.92 Å². The van der Waals surface area contributed by atoms with E-state index in [1.165, 1.54) is 0 Å². The van der Waals surface area contributed by atoms with E-state index in [2.05, 4.69) is 21.4 Å². The lowest BCUT2D eigenvalue weighted by atomic mass is 9.93. The molecule has 19 heavy (non-hydrogen) atoms. The predicted molar refractivity (Wildman–Crippen MR) is 68.2 cm³/mol. The number of ether oxygens (including phenoxy) is 2. The Hall–Kier alpha value is -1.42. The van der Waals surface area contributed by atoms with E-state index in [4.69, 9.17) is 20.4 Å². The first kappa shape index (κ1) is 14.0. The summed E-state index contributed by atoms with van der Waals surface area (Å²) in [6, 6.07) is 0. The van der Waals surface area contributed by atoms with Crippen LogP contribution in [0.25, 0.3) is 0 Å². The summed E-state index contributed by atoms with van der Waals surface area (Å²) in [5.41, 5.74) is -0.471. The molecular weight excluding hydrogens is 246 g/mol. The van der Waals surface area contributed by atoms with Gasteiger partial charge in [0.1, 0.15) is 5.60 Å². The molecule has 0 atom stereocenters. The number of hydrogen-bond donors (Lipinski definition) is 1. The molecule has 0 bridgehead atoms. The zero-order chi connectivity index (χ0) is 13.6. The van der Waals surface area contributed by atoms with Crippen molar-refractivity contribution in [3.8, 4) is 12.3 Å². The van der Waals surface area contributed by atoms with Gasteiger partial charge in [-0.25, -0.2) is 0 Å². The van der Waals surface area contributed by atoms with Gasteiger partial charge in [0.2, 0.25) is 11.7 Å². The Morgan fingerprint density at radius 3 is 2.95 bits per heavy atom. The van der Waals surface area contributed by atoms with Gasteiger partial charge in [0.15, 0.2) is 0 Å². The van der Waals surface area contributed by atoms with Crippen molar-refractivity contribution in [1.29, 1.82) is 0 Å². The fraction of sp³-hybridized carbons (Fsp3) is 0.692. The highest BCUT2D eigenvalue weighted by atomic mass is 16.5. The van der Waals surface area contributed by atoms with Crippen LogP contribution in [-0.2, 0) is 21.6 Å². The van der Waals surface area contributed by atoms with E-state index in [0.29, 0.717) is 44.6 Å². The van der Waals surface area contributed by atoms with Crippen LogP contribution in [0.2, 0.25) is 0 Å². The first-order valence-corrected chi connectivity index (χ1v) is 6.49. The maximum Gasteiger partial charge on any atom is 0.240 e. The molecule has 1 aromatic rings. The highest BCUT2D eigenvalue weighted by Gasteiger charge is 2.39. The van der Waals surface area contributed by atoms with Crippen molar-refractivity contribution in [3.05, 3.63) is 11.7 Å². The summed E-state index contributed by atoms with van der Waals surface area (Å²) in [4.78, 5) is 4.41. The molecule has 1 N–H and O–H groups in total. The Morgan fingerprint density at radius 2 is 2.26 bits per heavy atom. The molecule has 1 saturated heterocycles. The van der Waals surface area contributed by atoms with Gasteiger partial charge >= 0.3 is 0 Å². The molecule has 2 heterocycles. The van der Waals surface area contributed by atoms with Crippen molar-refractivity contribution >= 4 is 0 Å². The third-order valence-electron chi connectivity index (χ3n) is 3.10. The molecule has 1 fully saturated rings. The van der Waals surface area contributed by atoms with E-state index in [-0.39, 0.29) is 0 Å². The van der Waals surface area contributed by atoms with Crippen molar-refractivity contribution in [1.82, 2.24) is 15.5 Å². The number of nitrogens with one attached hydrogen (secondary N) is 1. The smallest absolute Gasteiger partial charge is 0.240 e. The van der Waals surface area contributed by atoms with Crippen LogP contribution >= 0.6 is 0 Å². The second-order valence-electron chi connectivity index (χ2n) is 4.36. The van der Waals surface area contributed by atoms with E-state index in [0.717, 1.165) is 12.8 Å². The normalized spacial score (nSPS) is 18.1. The molecule has 104 valence electrons. The lowest BCUT2D eigenvalue weighted by Crippen LogP contribution is -2.37. The Balaban J connectivity index is 2.07. The lowest BCUT2D eigenvalue weighted by Gasteiger charge is -2.33. The summed E-state index contributed by atoms with van der Waals surface area (Å²) in [6.45, 7) is 4.82. The molecule has 1 aromatic heterocycles. The average Bonchev–Trinajstić information content (AvgIpc) is 2.90. The van der Waals surface area contributed by atoms with Gasteiger partial charge in [-0.2, -0.15) is 4.98 Å². The number of rotatable bonds is 6. The van der Waals surface area contributed by atoms with Gasteiger partial charge < -0.3 is 14.0 Å². The standard InChI is InChI=1S/C13H19N3O3/c1-3-7-14-10-11-15-12(16-19-11)13(18-4-2)5-8-17-9-6-13/h1,14H,4-10H2,2H3. The van der Waals surface area contributed by atoms with Crippen molar-refractivity contribution in [2.45, 2.75) is 31.9 Å². The van der Waals surface area contributed by atoms with Crippen LogP contribution < -0.4 is 5.32 Å². The van der Waals surface area contributed by atoms with E-state index >= 15 is 0 Å². The molecule has 0 radical (unpaired) electrons. The first-order chi connectivity index (χ1) is 9.30. The van der Waals surface area contributed by atoms with Crippen LogP contribution in [0, 0.1) is 12.3 Å². The molecule has 6 heteroatoms. The zero-order valence-electron chi connectivity index (χ0n) is 11.1. The number of terminal acetylenes is 1. The highest BCUT2D eigenvalue weighted by molar-refractivity contribution is 5.03. The van der Waals surface area contributed by atoms with Gasteiger partial charge in [-0.3, -0.25) is 5.32 Å². The highest BCUT2D eigenvalue weighted by Crippen LogP contribution is 2.34. The molecule has 0 spiro atoms. The predicted octanol–water partition coefficient (Wildman–Crippen LogP) is 0.835. The molecular formula is C13H19N3O3. The van der Waals surface area contributed by atoms with E-state index in [1.54, 1.807) is 0 Å². The maximum atomic E-state index is 5.88. The SMILES string of the molecule is C#CCNCc1nc(C2(OCC)CCOCC2)no1. The first-order valence-electron chi connectivity index (χ1n) is 6.49. The molecule has 1 aliphatic rings. The van der Waals surface area contributed by atoms with Crippen molar-refractivity contribution in [2.75, 3.05) is 26.4 Å². The van der Waals surface area contributed by atoms with Crippen LogP contribution in [0.1, 0.15) is 31.5 Å². The van der Waals surface area contributed by atoms with Gasteiger partial charge in [0, 0.05) is 32.7 Å². The van der Waals surface area contributed by atoms with Gasteiger partial charge in [0.25, 0.3) is 0 Å². The second kappa shape index (κ2) is 6.66. The fourth-order valence-electron chi connectivity index (χ4n) is 2.16. The molecule has 6 nitrogen and oxygen atoms in total. The van der Waals surface area contributed by atoms with Crippen LogP contribution in [0.5, 0.6) is 0 Å². The van der Waals surface area contributed by atoms with Crippen molar-refractivity contribution < 1.29 is 14.0 Å². The largest absolute Gasteiger partial charge is 0.381 e. The Kier molecular flexibility index (Phi) is 4.91. The minimum atomic E-state index is -0.471. The number of aromatic nitrogens is 2. The van der Waals surface area contributed by atoms with Crippen LogP contribution in [0.15, 0.2) is 4.52 Å². The summed E-state index contributed by atoms with van der Waals surface area (Å²) in [7, 11) is 0. The molecule has 1 aliphatic heterocycles. The molecule has 2 rings (SSSR count). The second-order valence-corrected chi connectivity index (χ2v) is 4.36. The van der Waals surface area contributed by atoms with Crippen LogP contribution in [0.3, 0.4) is 0 Å². The molecule has 0 amide bonds. The van der Waals surface area contributed by atoms with Gasteiger partial charge in [0.05, 0.1) is 13.1 Å². The number of nitrogens with zero attached hydrogens (tertiary/aromatic N) is 2. The monoisotopic (exact) mass is 265 g/mol. The molecule has 0 unspecified atom stereocenters. The van der Waals surface area contributed by atoms with Crippen LogP contribution in [-0.4, -0.2) is 36.5 Å². The number of hydrogen-bond acceptors (Lipinski definition) is 6. The Morgan fingerprint density at radius 1 is 1.47 bits per heavy atom. The molecule has 0 saturated carbocycles. The summed E-state index contributed by atoms with van der Waals surface area (Å²) in [5, 5.41) is 7.07. The third-order valence-corrected chi connectivity index (χ3v) is 3.10. The molecule has 0 aliphatic carbocycles. The van der Waals surface area contributed by atoms with E-state index in [9.17, 15) is 0 Å². The topological polar surface area (TPSA) is 69.4 Å². The lowest BCUT2D eigenvalue weighted by molar-refractivity contribution is -0.118. The van der Waals surface area contributed by atoms with E-state index in [1.807, 2.05) is 6.92 Å². The summed E-state index contributed by atoms with van der Waals surface area (Å²) in [6.07, 6.45) is 6.66. The summed E-state index contributed by atoms with van der Waals surface area (Å²) >= 11 is 0. The minimum absolute atomic E-state index is 0.468. The van der Waals surface area contributed by atoms with Gasteiger partial charge in [-0.15, -0.1) is 6.42 Å². The van der Waals surface area contributed by atoms with Crippen molar-refractivity contribution in [3.63, 3.8) is 0 Å². The Labute approximate surface area is 112 Å². The van der Waals surface area contributed by atoms with Gasteiger partial charge in [-0.1, -0.05) is 11.1 Å². The summed E-state index contributed by atoms with van der Waals surface area (Å²) in [5.74, 6) is 3.62. The van der Waals surface area contributed by atoms with E-state index < -0.39 is 5.60 Å². The third kappa shape index (κ3) is 3.32.